The van der Waals surface area contributed by atoms with Crippen molar-refractivity contribution in [1.29, 1.82) is 0 Å². The molecule has 0 fully saturated rings. The molecule has 4 nitrogen and oxygen atoms in total. The van der Waals surface area contributed by atoms with Gasteiger partial charge in [0.25, 0.3) is 0 Å². The molecule has 3 N–H and O–H groups in total. The van der Waals surface area contributed by atoms with Gasteiger partial charge < -0.3 is 16.0 Å². The lowest BCUT2D eigenvalue weighted by atomic mass is 10.2. The summed E-state index contributed by atoms with van der Waals surface area (Å²) in [5.74, 6) is -0.0645. The first kappa shape index (κ1) is 11.7. The van der Waals surface area contributed by atoms with E-state index in [2.05, 4.69) is 5.32 Å². The number of hydrogen-bond acceptors (Lipinski definition) is 3. The minimum absolute atomic E-state index is 0.0645. The maximum Gasteiger partial charge on any atom is 0.239 e. The fraction of sp³-hybridized carbons (Fsp3) is 0.300. The molecule has 0 aromatic heterocycles. The van der Waals surface area contributed by atoms with E-state index in [1.807, 2.05) is 0 Å². The van der Waals surface area contributed by atoms with Gasteiger partial charge in [-0.2, -0.15) is 0 Å². The smallest absolute Gasteiger partial charge is 0.239 e. The quantitative estimate of drug-likeness (QED) is 0.761. The molecule has 0 saturated heterocycles. The largest absolute Gasteiger partial charge is 0.399 e. The molecule has 15 heavy (non-hydrogen) atoms. The Morgan fingerprint density at radius 1 is 1.60 bits per heavy atom. The van der Waals surface area contributed by atoms with Crippen LogP contribution in [0.15, 0.2) is 18.2 Å². The number of halogens is 1. The second kappa shape index (κ2) is 4.89. The SMILES string of the molecule is CNC(=O)CN(C)c1ccc(N)cc1Cl. The molecular weight excluding hydrogens is 214 g/mol. The van der Waals surface area contributed by atoms with Crippen LogP contribution in [0.4, 0.5) is 11.4 Å². The van der Waals surface area contributed by atoms with E-state index in [1.54, 1.807) is 37.2 Å². The standard InChI is InChI=1S/C10H14ClN3O/c1-13-10(15)6-14(2)9-4-3-7(12)5-8(9)11/h3-5H,6,12H2,1-2H3,(H,13,15). The van der Waals surface area contributed by atoms with E-state index in [0.717, 1.165) is 5.69 Å². The van der Waals surface area contributed by atoms with Crippen molar-refractivity contribution in [2.45, 2.75) is 0 Å². The Hall–Kier alpha value is -1.42. The van der Waals surface area contributed by atoms with Crippen LogP contribution in [0.2, 0.25) is 5.02 Å². The molecule has 0 aliphatic carbocycles. The molecule has 5 heteroatoms. The van der Waals surface area contributed by atoms with Crippen molar-refractivity contribution in [1.82, 2.24) is 5.32 Å². The molecule has 1 rings (SSSR count). The molecule has 0 unspecified atom stereocenters. The van der Waals surface area contributed by atoms with E-state index in [0.29, 0.717) is 10.7 Å². The van der Waals surface area contributed by atoms with Gasteiger partial charge >= 0.3 is 0 Å². The van der Waals surface area contributed by atoms with E-state index in [9.17, 15) is 4.79 Å². The Labute approximate surface area is 94.0 Å². The predicted molar refractivity (Wildman–Crippen MR) is 63.2 cm³/mol. The lowest BCUT2D eigenvalue weighted by Gasteiger charge is -2.19. The van der Waals surface area contributed by atoms with Gasteiger partial charge in [0, 0.05) is 19.8 Å². The number of anilines is 2. The molecule has 0 spiro atoms. The molecular formula is C10H14ClN3O. The summed E-state index contributed by atoms with van der Waals surface area (Å²) < 4.78 is 0. The third-order valence-corrected chi connectivity index (χ3v) is 2.35. The number of carbonyl (C=O) groups is 1. The lowest BCUT2D eigenvalue weighted by molar-refractivity contribution is -0.119. The minimum Gasteiger partial charge on any atom is -0.399 e. The van der Waals surface area contributed by atoms with Gasteiger partial charge in [-0.15, -0.1) is 0 Å². The van der Waals surface area contributed by atoms with Crippen LogP contribution < -0.4 is 16.0 Å². The van der Waals surface area contributed by atoms with Crippen molar-refractivity contribution in [3.63, 3.8) is 0 Å². The second-order valence-electron chi connectivity index (χ2n) is 3.24. The van der Waals surface area contributed by atoms with Crippen molar-refractivity contribution in [2.75, 3.05) is 31.3 Å². The molecule has 0 aliphatic heterocycles. The van der Waals surface area contributed by atoms with E-state index < -0.39 is 0 Å². The van der Waals surface area contributed by atoms with E-state index in [4.69, 9.17) is 17.3 Å². The van der Waals surface area contributed by atoms with Gasteiger partial charge in [-0.3, -0.25) is 4.79 Å². The van der Waals surface area contributed by atoms with Crippen molar-refractivity contribution in [2.24, 2.45) is 0 Å². The summed E-state index contributed by atoms with van der Waals surface area (Å²) in [5.41, 5.74) is 6.97. The molecule has 0 aliphatic rings. The van der Waals surface area contributed by atoms with Crippen molar-refractivity contribution >= 4 is 28.9 Å². The molecule has 1 aromatic carbocycles. The number of nitrogens with two attached hydrogens (primary N) is 1. The van der Waals surface area contributed by atoms with Crippen molar-refractivity contribution < 1.29 is 4.79 Å². The maximum absolute atomic E-state index is 11.2. The first-order valence-corrected chi connectivity index (χ1v) is 4.89. The highest BCUT2D eigenvalue weighted by Gasteiger charge is 2.09. The second-order valence-corrected chi connectivity index (χ2v) is 3.65. The summed E-state index contributed by atoms with van der Waals surface area (Å²) in [5, 5.41) is 3.09. The Kier molecular flexibility index (Phi) is 3.80. The highest BCUT2D eigenvalue weighted by atomic mass is 35.5. The molecule has 0 saturated carbocycles. The van der Waals surface area contributed by atoms with Crippen LogP contribution in [0.5, 0.6) is 0 Å². The average Bonchev–Trinajstić information content (AvgIpc) is 2.17. The van der Waals surface area contributed by atoms with Crippen LogP contribution >= 0.6 is 11.6 Å². The topological polar surface area (TPSA) is 58.4 Å². The Morgan fingerprint density at radius 2 is 2.27 bits per heavy atom. The van der Waals surface area contributed by atoms with E-state index in [1.165, 1.54) is 0 Å². The molecule has 82 valence electrons. The first-order chi connectivity index (χ1) is 7.04. The number of benzene rings is 1. The van der Waals surface area contributed by atoms with Crippen LogP contribution in [-0.4, -0.2) is 26.5 Å². The Morgan fingerprint density at radius 3 is 2.80 bits per heavy atom. The fourth-order valence-electron chi connectivity index (χ4n) is 1.21. The summed E-state index contributed by atoms with van der Waals surface area (Å²) >= 11 is 6.00. The molecule has 1 amide bonds. The van der Waals surface area contributed by atoms with Crippen LogP contribution in [0.25, 0.3) is 0 Å². The number of carbonyl (C=O) groups excluding carboxylic acids is 1. The van der Waals surface area contributed by atoms with Gasteiger partial charge in [0.15, 0.2) is 0 Å². The van der Waals surface area contributed by atoms with Crippen LogP contribution in [-0.2, 0) is 4.79 Å². The Bertz CT molecular complexity index is 368. The summed E-state index contributed by atoms with van der Waals surface area (Å²) in [6.07, 6.45) is 0. The minimum atomic E-state index is -0.0645. The van der Waals surface area contributed by atoms with Crippen LogP contribution in [0, 0.1) is 0 Å². The Balaban J connectivity index is 2.82. The third kappa shape index (κ3) is 3.02. The average molecular weight is 228 g/mol. The van der Waals surface area contributed by atoms with Gasteiger partial charge in [-0.1, -0.05) is 11.6 Å². The van der Waals surface area contributed by atoms with Gasteiger partial charge in [-0.25, -0.2) is 0 Å². The zero-order valence-corrected chi connectivity index (χ0v) is 9.51. The summed E-state index contributed by atoms with van der Waals surface area (Å²) in [4.78, 5) is 12.9. The maximum atomic E-state index is 11.2. The highest BCUT2D eigenvalue weighted by molar-refractivity contribution is 6.33. The van der Waals surface area contributed by atoms with E-state index >= 15 is 0 Å². The number of nitrogens with one attached hydrogen (secondary N) is 1. The first-order valence-electron chi connectivity index (χ1n) is 4.51. The van der Waals surface area contributed by atoms with Gasteiger partial charge in [0.1, 0.15) is 0 Å². The number of nitrogen functional groups attached to an aromatic ring is 1. The van der Waals surface area contributed by atoms with Gasteiger partial charge in [0.05, 0.1) is 17.3 Å². The summed E-state index contributed by atoms with van der Waals surface area (Å²) in [6, 6.07) is 5.21. The molecule has 0 radical (unpaired) electrons. The molecule has 0 heterocycles. The number of amides is 1. The third-order valence-electron chi connectivity index (χ3n) is 2.04. The number of rotatable bonds is 3. The zero-order valence-electron chi connectivity index (χ0n) is 8.75. The molecule has 1 aromatic rings. The number of hydrogen-bond donors (Lipinski definition) is 2. The molecule has 0 atom stereocenters. The normalized spacial score (nSPS) is 9.80. The molecule has 0 bridgehead atoms. The van der Waals surface area contributed by atoms with E-state index in [-0.39, 0.29) is 12.5 Å². The van der Waals surface area contributed by atoms with Crippen molar-refractivity contribution in [3.05, 3.63) is 23.2 Å². The zero-order chi connectivity index (χ0) is 11.4. The fourth-order valence-corrected chi connectivity index (χ4v) is 1.55. The van der Waals surface area contributed by atoms with Gasteiger partial charge in [-0.05, 0) is 18.2 Å². The van der Waals surface area contributed by atoms with Gasteiger partial charge in [0.2, 0.25) is 5.91 Å². The van der Waals surface area contributed by atoms with Crippen LogP contribution in [0.1, 0.15) is 0 Å². The summed E-state index contributed by atoms with van der Waals surface area (Å²) in [7, 11) is 3.40. The summed E-state index contributed by atoms with van der Waals surface area (Å²) in [6.45, 7) is 0.264. The number of nitrogens with zero attached hydrogens (tertiary/aromatic N) is 1. The van der Waals surface area contributed by atoms with Crippen LogP contribution in [0.3, 0.4) is 0 Å². The van der Waals surface area contributed by atoms with Crippen molar-refractivity contribution in [3.8, 4) is 0 Å². The number of likely N-dealkylation sites (N-methyl/N-ethyl adjacent to an activating group) is 2. The highest BCUT2D eigenvalue weighted by Crippen LogP contribution is 2.26. The monoisotopic (exact) mass is 227 g/mol. The lowest BCUT2D eigenvalue weighted by Crippen LogP contribution is -2.33. The predicted octanol–water partition coefficient (Wildman–Crippen LogP) is 1.10.